The van der Waals surface area contributed by atoms with Crippen molar-refractivity contribution < 1.29 is 23.8 Å². The van der Waals surface area contributed by atoms with Crippen LogP contribution in [0.1, 0.15) is 22.8 Å². The van der Waals surface area contributed by atoms with Gasteiger partial charge in [-0.15, -0.1) is 0 Å². The van der Waals surface area contributed by atoms with Crippen molar-refractivity contribution in [2.75, 3.05) is 21.3 Å². The van der Waals surface area contributed by atoms with Crippen LogP contribution in [0.2, 0.25) is 0 Å². The molecule has 1 aromatic rings. The number of methoxy groups -OCH3 is 3. The summed E-state index contributed by atoms with van der Waals surface area (Å²) in [6.45, 7) is 1.42. The molecule has 0 radical (unpaired) electrons. The number of hydrogen-bond acceptors (Lipinski definition) is 5. The van der Waals surface area contributed by atoms with Gasteiger partial charge >= 0.3 is 5.97 Å². The number of esters is 1. The summed E-state index contributed by atoms with van der Waals surface area (Å²) in [5, 5.41) is 0. The van der Waals surface area contributed by atoms with Gasteiger partial charge in [-0.25, -0.2) is 0 Å². The van der Waals surface area contributed by atoms with E-state index in [0.29, 0.717) is 22.6 Å². The average Bonchev–Trinajstić information content (AvgIpc) is 2.36. The van der Waals surface area contributed by atoms with E-state index < -0.39 is 5.97 Å². The van der Waals surface area contributed by atoms with Crippen LogP contribution in [-0.2, 0) is 16.0 Å². The van der Waals surface area contributed by atoms with Crippen LogP contribution in [0.25, 0.3) is 0 Å². The highest BCUT2D eigenvalue weighted by Gasteiger charge is 2.18. The van der Waals surface area contributed by atoms with E-state index in [0.717, 1.165) is 0 Å². The molecule has 0 aliphatic carbocycles. The number of benzene rings is 1. The maximum Gasteiger partial charge on any atom is 0.310 e. The molecular weight excluding hydrogens is 236 g/mol. The number of hydrogen-bond donors (Lipinski definition) is 0. The molecule has 0 saturated heterocycles. The SMILES string of the molecule is COC(=O)Cc1cc(OC)cc(OC)c1C(C)=O. The van der Waals surface area contributed by atoms with E-state index in [-0.39, 0.29) is 12.2 Å². The molecule has 18 heavy (non-hydrogen) atoms. The first-order valence-corrected chi connectivity index (χ1v) is 5.36. The zero-order valence-electron chi connectivity index (χ0n) is 10.9. The second-order valence-corrected chi connectivity index (χ2v) is 3.67. The summed E-state index contributed by atoms with van der Waals surface area (Å²) in [5.41, 5.74) is 0.911. The third-order valence-electron chi connectivity index (χ3n) is 2.53. The average molecular weight is 252 g/mol. The molecule has 0 aliphatic heterocycles. The molecule has 98 valence electrons. The zero-order chi connectivity index (χ0) is 13.7. The number of ether oxygens (including phenoxy) is 3. The highest BCUT2D eigenvalue weighted by atomic mass is 16.5. The Morgan fingerprint density at radius 1 is 1.11 bits per heavy atom. The number of carbonyl (C=O) groups is 2. The van der Waals surface area contributed by atoms with Gasteiger partial charge in [-0.2, -0.15) is 0 Å². The molecular formula is C13H16O5. The van der Waals surface area contributed by atoms with Gasteiger partial charge in [0.15, 0.2) is 5.78 Å². The van der Waals surface area contributed by atoms with E-state index in [9.17, 15) is 9.59 Å². The van der Waals surface area contributed by atoms with Gasteiger partial charge in [0, 0.05) is 6.07 Å². The van der Waals surface area contributed by atoms with Crippen LogP contribution in [0.15, 0.2) is 12.1 Å². The molecule has 0 fully saturated rings. The Morgan fingerprint density at radius 2 is 1.78 bits per heavy atom. The Bertz CT molecular complexity index is 465. The summed E-state index contributed by atoms with van der Waals surface area (Å²) in [6, 6.07) is 3.24. The molecule has 0 saturated carbocycles. The predicted molar refractivity (Wildman–Crippen MR) is 65.3 cm³/mol. The summed E-state index contributed by atoms with van der Waals surface area (Å²) >= 11 is 0. The van der Waals surface area contributed by atoms with Gasteiger partial charge in [-0.3, -0.25) is 9.59 Å². The monoisotopic (exact) mass is 252 g/mol. The molecule has 0 aliphatic rings. The van der Waals surface area contributed by atoms with E-state index in [1.165, 1.54) is 28.3 Å². The zero-order valence-corrected chi connectivity index (χ0v) is 10.9. The first-order valence-electron chi connectivity index (χ1n) is 5.36. The Hall–Kier alpha value is -2.04. The predicted octanol–water partition coefficient (Wildman–Crippen LogP) is 1.62. The van der Waals surface area contributed by atoms with E-state index in [2.05, 4.69) is 4.74 Å². The van der Waals surface area contributed by atoms with Crippen LogP contribution in [0, 0.1) is 0 Å². The first-order chi connectivity index (χ1) is 8.53. The van der Waals surface area contributed by atoms with E-state index in [1.807, 2.05) is 0 Å². The summed E-state index contributed by atoms with van der Waals surface area (Å²) in [4.78, 5) is 23.0. The second-order valence-electron chi connectivity index (χ2n) is 3.67. The van der Waals surface area contributed by atoms with Crippen LogP contribution in [0.5, 0.6) is 11.5 Å². The van der Waals surface area contributed by atoms with Gasteiger partial charge in [0.25, 0.3) is 0 Å². The molecule has 1 rings (SSSR count). The Morgan fingerprint density at radius 3 is 2.22 bits per heavy atom. The summed E-state index contributed by atoms with van der Waals surface area (Å²) < 4.78 is 14.9. The lowest BCUT2D eigenvalue weighted by Gasteiger charge is -2.13. The van der Waals surface area contributed by atoms with Gasteiger partial charge in [-0.05, 0) is 18.6 Å². The minimum absolute atomic E-state index is 0.00102. The highest BCUT2D eigenvalue weighted by Crippen LogP contribution is 2.29. The lowest BCUT2D eigenvalue weighted by molar-refractivity contribution is -0.139. The number of Topliss-reactive ketones (excluding diaryl/α,β-unsaturated/α-hetero) is 1. The largest absolute Gasteiger partial charge is 0.497 e. The highest BCUT2D eigenvalue weighted by molar-refractivity contribution is 5.99. The van der Waals surface area contributed by atoms with Crippen molar-refractivity contribution in [3.63, 3.8) is 0 Å². The van der Waals surface area contributed by atoms with Crippen molar-refractivity contribution in [2.45, 2.75) is 13.3 Å². The molecule has 0 bridgehead atoms. The minimum Gasteiger partial charge on any atom is -0.497 e. The smallest absolute Gasteiger partial charge is 0.310 e. The maximum absolute atomic E-state index is 11.6. The third kappa shape index (κ3) is 3.00. The topological polar surface area (TPSA) is 61.8 Å². The number of carbonyl (C=O) groups excluding carboxylic acids is 2. The lowest BCUT2D eigenvalue weighted by atomic mass is 10.00. The number of rotatable bonds is 5. The fraction of sp³-hybridized carbons (Fsp3) is 0.385. The van der Waals surface area contributed by atoms with Crippen molar-refractivity contribution in [2.24, 2.45) is 0 Å². The normalized spacial score (nSPS) is 9.78. The van der Waals surface area contributed by atoms with Crippen LogP contribution >= 0.6 is 0 Å². The standard InChI is InChI=1S/C13H16O5/c1-8(14)13-9(6-12(15)18-4)5-10(16-2)7-11(13)17-3/h5,7H,6H2,1-4H3. The van der Waals surface area contributed by atoms with Crippen LogP contribution in [0.3, 0.4) is 0 Å². The van der Waals surface area contributed by atoms with Crippen molar-refractivity contribution in [3.8, 4) is 11.5 Å². The molecule has 5 nitrogen and oxygen atoms in total. The summed E-state index contributed by atoms with van der Waals surface area (Å²) in [5.74, 6) is 0.317. The fourth-order valence-electron chi connectivity index (χ4n) is 1.69. The molecule has 0 atom stereocenters. The first kappa shape index (κ1) is 14.0. The van der Waals surface area contributed by atoms with E-state index in [4.69, 9.17) is 9.47 Å². The molecule has 1 aromatic carbocycles. The Kier molecular flexibility index (Phi) is 4.71. The van der Waals surface area contributed by atoms with Gasteiger partial charge in [0.2, 0.25) is 0 Å². The summed E-state index contributed by atoms with van der Waals surface area (Å²) in [6.07, 6.45) is -0.00102. The second kappa shape index (κ2) is 6.05. The van der Waals surface area contributed by atoms with Crippen molar-refractivity contribution in [3.05, 3.63) is 23.3 Å². The van der Waals surface area contributed by atoms with Gasteiger partial charge in [0.1, 0.15) is 11.5 Å². The molecule has 5 heteroatoms. The van der Waals surface area contributed by atoms with Crippen LogP contribution in [-0.4, -0.2) is 33.1 Å². The Balaban J connectivity index is 3.34. The third-order valence-corrected chi connectivity index (χ3v) is 2.53. The molecule has 0 unspecified atom stereocenters. The molecule has 0 amide bonds. The lowest BCUT2D eigenvalue weighted by Crippen LogP contribution is -2.10. The molecule has 0 N–H and O–H groups in total. The van der Waals surface area contributed by atoms with Crippen LogP contribution < -0.4 is 9.47 Å². The van der Waals surface area contributed by atoms with Gasteiger partial charge in [-0.1, -0.05) is 0 Å². The number of ketones is 1. The van der Waals surface area contributed by atoms with E-state index >= 15 is 0 Å². The van der Waals surface area contributed by atoms with Crippen molar-refractivity contribution in [1.82, 2.24) is 0 Å². The van der Waals surface area contributed by atoms with Crippen LogP contribution in [0.4, 0.5) is 0 Å². The minimum atomic E-state index is -0.423. The molecule has 0 heterocycles. The molecule has 0 aromatic heterocycles. The summed E-state index contributed by atoms with van der Waals surface area (Å²) in [7, 11) is 4.26. The Labute approximate surface area is 106 Å². The maximum atomic E-state index is 11.6. The van der Waals surface area contributed by atoms with Gasteiger partial charge in [0.05, 0.1) is 33.3 Å². The van der Waals surface area contributed by atoms with Crippen molar-refractivity contribution in [1.29, 1.82) is 0 Å². The molecule has 0 spiro atoms. The van der Waals surface area contributed by atoms with E-state index in [1.54, 1.807) is 12.1 Å². The fourth-order valence-corrected chi connectivity index (χ4v) is 1.69. The quantitative estimate of drug-likeness (QED) is 0.588. The van der Waals surface area contributed by atoms with Gasteiger partial charge < -0.3 is 14.2 Å². The van der Waals surface area contributed by atoms with Crippen molar-refractivity contribution >= 4 is 11.8 Å².